The molecule has 0 rings (SSSR count). The van der Waals surface area contributed by atoms with E-state index in [0.29, 0.717) is 12.8 Å². The third kappa shape index (κ3) is 66.6. The van der Waals surface area contributed by atoms with Crippen molar-refractivity contribution in [1.29, 1.82) is 0 Å². The Labute approximate surface area is 496 Å². The zero-order valence-corrected chi connectivity index (χ0v) is 52.3. The highest BCUT2D eigenvalue weighted by Gasteiger charge is 2.16. The van der Waals surface area contributed by atoms with E-state index in [4.69, 9.17) is 9.47 Å². The maximum Gasteiger partial charge on any atom is 0.306 e. The van der Waals surface area contributed by atoms with Crippen molar-refractivity contribution in [2.45, 2.75) is 315 Å². The first kappa shape index (κ1) is 76.0. The number of aliphatic hydroxyl groups is 1. The molecule has 1 unspecified atom stereocenters. The lowest BCUT2D eigenvalue weighted by atomic mass is 10.0. The Balaban J connectivity index is 3.48. The van der Waals surface area contributed by atoms with Crippen LogP contribution in [0, 0.1) is 0 Å². The summed E-state index contributed by atoms with van der Waals surface area (Å²) >= 11 is 0. The standard InChI is InChI=1S/C75H126O5/c1-3-5-7-9-11-13-15-17-19-21-23-25-27-29-31-33-35-36-37-38-40-42-44-46-48-50-52-54-56-58-60-62-64-66-68-70-75(78)80-73(71-76)72-79-74(77)69-67-65-63-61-59-57-55-53-51-49-47-45-43-41-39-34-32-30-28-26-24-22-20-18-16-14-12-10-8-6-4-2/h5-8,11-14,17-20,23-26,29,31,35-36,38,40,73,76H,3-4,9-10,15-16,21-22,27-28,30,32-34,37,39,41-72H2,1-2H3/b7-5-,8-6-,13-11-,14-12-,19-17-,20-18-,25-23-,26-24-,31-29-,36-35-,40-38-. The van der Waals surface area contributed by atoms with Gasteiger partial charge in [0.2, 0.25) is 0 Å². The van der Waals surface area contributed by atoms with Gasteiger partial charge < -0.3 is 14.6 Å². The van der Waals surface area contributed by atoms with Crippen LogP contribution < -0.4 is 0 Å². The molecule has 0 heterocycles. The van der Waals surface area contributed by atoms with Crippen molar-refractivity contribution in [2.24, 2.45) is 0 Å². The lowest BCUT2D eigenvalue weighted by Gasteiger charge is -2.15. The van der Waals surface area contributed by atoms with E-state index in [1.54, 1.807) is 0 Å². The van der Waals surface area contributed by atoms with Crippen LogP contribution in [-0.4, -0.2) is 36.4 Å². The summed E-state index contributed by atoms with van der Waals surface area (Å²) in [7, 11) is 0. The number of rotatable bonds is 61. The molecule has 0 aliphatic heterocycles. The molecule has 80 heavy (non-hydrogen) atoms. The van der Waals surface area contributed by atoms with E-state index >= 15 is 0 Å². The largest absolute Gasteiger partial charge is 0.462 e. The second-order valence-corrected chi connectivity index (χ2v) is 22.1. The average Bonchev–Trinajstić information content (AvgIpc) is 3.46. The van der Waals surface area contributed by atoms with Gasteiger partial charge in [0, 0.05) is 12.8 Å². The number of hydrogen-bond donors (Lipinski definition) is 1. The molecule has 0 fully saturated rings. The topological polar surface area (TPSA) is 72.8 Å². The molecule has 5 heteroatoms. The van der Waals surface area contributed by atoms with Crippen LogP contribution in [0.25, 0.3) is 0 Å². The molecule has 456 valence electrons. The van der Waals surface area contributed by atoms with Gasteiger partial charge in [0.25, 0.3) is 0 Å². The van der Waals surface area contributed by atoms with Crippen LogP contribution in [-0.2, 0) is 19.1 Å². The summed E-state index contributed by atoms with van der Waals surface area (Å²) in [5.74, 6) is -0.586. The highest BCUT2D eigenvalue weighted by Crippen LogP contribution is 2.17. The minimum atomic E-state index is -0.781. The van der Waals surface area contributed by atoms with Crippen molar-refractivity contribution in [1.82, 2.24) is 0 Å². The molecule has 0 spiro atoms. The first-order chi connectivity index (χ1) is 39.6. The molecule has 0 saturated carbocycles. The number of ether oxygens (including phenoxy) is 2. The van der Waals surface area contributed by atoms with E-state index in [-0.39, 0.29) is 25.2 Å². The molecule has 5 nitrogen and oxygen atoms in total. The number of unbranched alkanes of at least 4 members (excludes halogenated alkanes) is 31. The number of allylic oxidation sites excluding steroid dienone is 22. The Morgan fingerprint density at radius 3 is 0.750 bits per heavy atom. The molecular formula is C75H126O5. The highest BCUT2D eigenvalue weighted by atomic mass is 16.6. The van der Waals surface area contributed by atoms with Gasteiger partial charge in [0.15, 0.2) is 6.10 Å². The van der Waals surface area contributed by atoms with E-state index in [1.807, 2.05) is 0 Å². The van der Waals surface area contributed by atoms with Crippen LogP contribution in [0.2, 0.25) is 0 Å². The van der Waals surface area contributed by atoms with E-state index in [1.165, 1.54) is 173 Å². The number of hydrogen-bond acceptors (Lipinski definition) is 5. The summed E-state index contributed by atoms with van der Waals surface area (Å²) in [5, 5.41) is 9.70. The molecule has 0 bridgehead atoms. The summed E-state index contributed by atoms with van der Waals surface area (Å²) in [6.07, 6.45) is 103. The molecule has 0 aliphatic rings. The Hall–Kier alpha value is -3.96. The van der Waals surface area contributed by atoms with Crippen LogP contribution in [0.15, 0.2) is 134 Å². The molecular weight excluding hydrogens is 981 g/mol. The fraction of sp³-hybridized carbons (Fsp3) is 0.680. The Morgan fingerprint density at radius 2 is 0.500 bits per heavy atom. The van der Waals surface area contributed by atoms with Crippen LogP contribution >= 0.6 is 0 Å². The minimum Gasteiger partial charge on any atom is -0.462 e. The fourth-order valence-electron chi connectivity index (χ4n) is 9.47. The van der Waals surface area contributed by atoms with Gasteiger partial charge >= 0.3 is 11.9 Å². The number of carbonyl (C=O) groups is 2. The van der Waals surface area contributed by atoms with Gasteiger partial charge in [0.05, 0.1) is 6.61 Å². The SMILES string of the molecule is CC/C=C\C/C=C\C/C=C\C/C=C\C/C=C\C/C=C\C/C=C\CCCCCCCCCCCCCCCC(=O)OC(CO)COC(=O)CCCCCCCCCCCCCCCCCCCC/C=C\C/C=C\C/C=C\C/C=C\CC. The van der Waals surface area contributed by atoms with Gasteiger partial charge in [-0.05, 0) is 109 Å². The highest BCUT2D eigenvalue weighted by molar-refractivity contribution is 5.70. The summed E-state index contributed by atoms with van der Waals surface area (Å²) in [4.78, 5) is 24.6. The molecule has 1 atom stereocenters. The van der Waals surface area contributed by atoms with Crippen molar-refractivity contribution in [3.05, 3.63) is 134 Å². The van der Waals surface area contributed by atoms with Crippen LogP contribution in [0.5, 0.6) is 0 Å². The maximum absolute atomic E-state index is 12.4. The molecule has 0 amide bonds. The fourth-order valence-corrected chi connectivity index (χ4v) is 9.47. The lowest BCUT2D eigenvalue weighted by molar-refractivity contribution is -0.161. The van der Waals surface area contributed by atoms with Gasteiger partial charge in [-0.2, -0.15) is 0 Å². The Bertz CT molecular complexity index is 1630. The van der Waals surface area contributed by atoms with E-state index < -0.39 is 6.10 Å². The lowest BCUT2D eigenvalue weighted by Crippen LogP contribution is -2.28. The monoisotopic (exact) mass is 1110 g/mol. The van der Waals surface area contributed by atoms with Crippen molar-refractivity contribution >= 4 is 11.9 Å². The Morgan fingerprint density at radius 1 is 0.287 bits per heavy atom. The third-order valence-electron chi connectivity index (χ3n) is 14.4. The Kier molecular flexibility index (Phi) is 65.9. The molecule has 0 saturated heterocycles. The maximum atomic E-state index is 12.4. The third-order valence-corrected chi connectivity index (χ3v) is 14.4. The van der Waals surface area contributed by atoms with Crippen LogP contribution in [0.3, 0.4) is 0 Å². The van der Waals surface area contributed by atoms with Crippen molar-refractivity contribution < 1.29 is 24.2 Å². The van der Waals surface area contributed by atoms with Crippen LogP contribution in [0.1, 0.15) is 309 Å². The summed E-state index contributed by atoms with van der Waals surface area (Å²) in [6.45, 7) is 3.94. The first-order valence-corrected chi connectivity index (χ1v) is 33.7. The van der Waals surface area contributed by atoms with E-state index in [0.717, 1.165) is 109 Å². The summed E-state index contributed by atoms with van der Waals surface area (Å²) in [6, 6.07) is 0. The molecule has 0 aromatic heterocycles. The second-order valence-electron chi connectivity index (χ2n) is 22.1. The summed E-state index contributed by atoms with van der Waals surface area (Å²) in [5.41, 5.74) is 0. The molecule has 1 N–H and O–H groups in total. The predicted octanol–water partition coefficient (Wildman–Crippen LogP) is 23.5. The number of esters is 2. The van der Waals surface area contributed by atoms with Gasteiger partial charge in [0.1, 0.15) is 6.61 Å². The molecule has 0 aliphatic carbocycles. The number of carbonyl (C=O) groups excluding carboxylic acids is 2. The second kappa shape index (κ2) is 69.3. The average molecular weight is 1110 g/mol. The smallest absolute Gasteiger partial charge is 0.306 e. The molecule has 0 radical (unpaired) electrons. The normalized spacial score (nSPS) is 13.1. The van der Waals surface area contributed by atoms with E-state index in [2.05, 4.69) is 148 Å². The van der Waals surface area contributed by atoms with Crippen molar-refractivity contribution in [3.8, 4) is 0 Å². The zero-order chi connectivity index (χ0) is 57.6. The predicted molar refractivity (Wildman–Crippen MR) is 352 cm³/mol. The molecule has 0 aromatic carbocycles. The minimum absolute atomic E-state index is 0.0693. The van der Waals surface area contributed by atoms with Gasteiger partial charge in [-0.1, -0.05) is 321 Å². The zero-order valence-electron chi connectivity index (χ0n) is 52.3. The van der Waals surface area contributed by atoms with E-state index in [9.17, 15) is 14.7 Å². The molecule has 0 aromatic rings. The van der Waals surface area contributed by atoms with Crippen LogP contribution in [0.4, 0.5) is 0 Å². The van der Waals surface area contributed by atoms with Crippen molar-refractivity contribution in [3.63, 3.8) is 0 Å². The van der Waals surface area contributed by atoms with Gasteiger partial charge in [-0.15, -0.1) is 0 Å². The van der Waals surface area contributed by atoms with Crippen molar-refractivity contribution in [2.75, 3.05) is 13.2 Å². The number of aliphatic hydroxyl groups excluding tert-OH is 1. The summed E-state index contributed by atoms with van der Waals surface area (Å²) < 4.78 is 10.8. The van der Waals surface area contributed by atoms with Gasteiger partial charge in [-0.3, -0.25) is 9.59 Å². The first-order valence-electron chi connectivity index (χ1n) is 33.7. The van der Waals surface area contributed by atoms with Gasteiger partial charge in [-0.25, -0.2) is 0 Å². The quantitative estimate of drug-likeness (QED) is 0.0373.